The quantitative estimate of drug-likeness (QED) is 0.813. The van der Waals surface area contributed by atoms with Gasteiger partial charge in [-0.05, 0) is 31.4 Å². The van der Waals surface area contributed by atoms with Gasteiger partial charge in [-0.2, -0.15) is 0 Å². The zero-order valence-corrected chi connectivity index (χ0v) is 15.3. The monoisotopic (exact) mass is 360 g/mol. The number of carbonyl (C=O) groups is 3. The molecule has 1 aromatic carbocycles. The molecule has 2 fully saturated rings. The summed E-state index contributed by atoms with van der Waals surface area (Å²) in [5.74, 6) is -0.248. The Morgan fingerprint density at radius 1 is 1.08 bits per heavy atom. The lowest BCUT2D eigenvalue weighted by molar-refractivity contribution is -0.142. The number of carbonyl (C=O) groups excluding carboxylic acids is 3. The number of anilines is 1. The third-order valence-corrected chi connectivity index (χ3v) is 5.24. The summed E-state index contributed by atoms with van der Waals surface area (Å²) in [4.78, 5) is 38.5. The number of methoxy groups -OCH3 is 2. The van der Waals surface area contributed by atoms with E-state index in [1.807, 2.05) is 6.92 Å². The average molecular weight is 360 g/mol. The molecule has 2 atom stereocenters. The fourth-order valence-corrected chi connectivity index (χ4v) is 3.84. The van der Waals surface area contributed by atoms with Crippen molar-refractivity contribution in [2.24, 2.45) is 11.8 Å². The molecule has 0 unspecified atom stereocenters. The summed E-state index contributed by atoms with van der Waals surface area (Å²) in [6.45, 7) is 1.58. The Balaban J connectivity index is 1.71. The largest absolute Gasteiger partial charge is 0.493 e. The second-order valence-electron chi connectivity index (χ2n) is 6.83. The molecule has 2 aliphatic rings. The van der Waals surface area contributed by atoms with E-state index in [1.165, 1.54) is 7.11 Å². The van der Waals surface area contributed by atoms with E-state index in [1.54, 1.807) is 19.2 Å². The summed E-state index contributed by atoms with van der Waals surface area (Å²) in [6.07, 6.45) is 3.40. The third-order valence-electron chi connectivity index (χ3n) is 5.24. The first-order valence-electron chi connectivity index (χ1n) is 8.84. The maximum atomic E-state index is 12.5. The fraction of sp³-hybridized carbons (Fsp3) is 0.526. The number of hydrogen-bond acceptors (Lipinski definition) is 5. The van der Waals surface area contributed by atoms with Crippen LogP contribution in [0.3, 0.4) is 0 Å². The summed E-state index contributed by atoms with van der Waals surface area (Å²) in [5, 5.41) is 2.76. The van der Waals surface area contributed by atoms with Crippen molar-refractivity contribution in [2.45, 2.75) is 32.6 Å². The zero-order chi connectivity index (χ0) is 18.8. The number of fused-ring (bicyclic) bond motifs is 1. The SMILES string of the molecule is COc1cc(C)c(NC(=O)CN2C(=O)[C@H]3CCCC[C@@H]3C2=O)cc1OC. The Labute approximate surface area is 152 Å². The maximum absolute atomic E-state index is 12.5. The Morgan fingerprint density at radius 3 is 2.15 bits per heavy atom. The lowest BCUT2D eigenvalue weighted by atomic mass is 9.81. The summed E-state index contributed by atoms with van der Waals surface area (Å²) in [6, 6.07) is 3.43. The van der Waals surface area contributed by atoms with Crippen molar-refractivity contribution >= 4 is 23.4 Å². The van der Waals surface area contributed by atoms with Crippen molar-refractivity contribution < 1.29 is 23.9 Å². The normalized spacial score (nSPS) is 22.2. The van der Waals surface area contributed by atoms with Crippen LogP contribution in [-0.4, -0.2) is 43.4 Å². The van der Waals surface area contributed by atoms with Crippen LogP contribution in [0.25, 0.3) is 0 Å². The molecule has 0 radical (unpaired) electrons. The molecule has 1 aliphatic heterocycles. The summed E-state index contributed by atoms with van der Waals surface area (Å²) < 4.78 is 10.5. The molecular formula is C19H24N2O5. The number of rotatable bonds is 5. The summed E-state index contributed by atoms with van der Waals surface area (Å²) in [7, 11) is 3.06. The van der Waals surface area contributed by atoms with Crippen molar-refractivity contribution in [3.8, 4) is 11.5 Å². The fourth-order valence-electron chi connectivity index (χ4n) is 3.84. The smallest absolute Gasteiger partial charge is 0.244 e. The zero-order valence-electron chi connectivity index (χ0n) is 15.3. The highest BCUT2D eigenvalue weighted by Crippen LogP contribution is 2.38. The number of imide groups is 1. The topological polar surface area (TPSA) is 84.9 Å². The molecule has 3 rings (SSSR count). The predicted octanol–water partition coefficient (Wildman–Crippen LogP) is 2.13. The van der Waals surface area contributed by atoms with Gasteiger partial charge < -0.3 is 14.8 Å². The van der Waals surface area contributed by atoms with Crippen molar-refractivity contribution in [1.82, 2.24) is 4.90 Å². The first kappa shape index (κ1) is 18.2. The molecule has 0 bridgehead atoms. The number of aryl methyl sites for hydroxylation is 1. The molecule has 1 N–H and O–H groups in total. The van der Waals surface area contributed by atoms with Gasteiger partial charge in [-0.1, -0.05) is 12.8 Å². The lowest BCUT2D eigenvalue weighted by Gasteiger charge is -2.19. The van der Waals surface area contributed by atoms with Gasteiger partial charge in [-0.25, -0.2) is 0 Å². The number of hydrogen-bond donors (Lipinski definition) is 1. The van der Waals surface area contributed by atoms with E-state index in [-0.39, 0.29) is 30.2 Å². The standard InChI is InChI=1S/C19H24N2O5/c1-11-8-15(25-2)16(26-3)9-14(11)20-17(22)10-21-18(23)12-6-4-5-7-13(12)19(21)24/h8-9,12-13H,4-7,10H2,1-3H3,(H,20,22)/t12-,13-/m0/s1. The van der Waals surface area contributed by atoms with E-state index in [2.05, 4.69) is 5.32 Å². The van der Waals surface area contributed by atoms with Gasteiger partial charge in [0.15, 0.2) is 11.5 Å². The minimum Gasteiger partial charge on any atom is -0.493 e. The molecule has 3 amide bonds. The van der Waals surface area contributed by atoms with E-state index in [0.717, 1.165) is 36.1 Å². The van der Waals surface area contributed by atoms with Crippen LogP contribution >= 0.6 is 0 Å². The van der Waals surface area contributed by atoms with Crippen LogP contribution in [0.1, 0.15) is 31.2 Å². The number of ether oxygens (including phenoxy) is 2. The van der Waals surface area contributed by atoms with E-state index in [0.29, 0.717) is 17.2 Å². The van der Waals surface area contributed by atoms with Crippen LogP contribution in [0.15, 0.2) is 12.1 Å². The molecule has 140 valence electrons. The molecule has 7 nitrogen and oxygen atoms in total. The van der Waals surface area contributed by atoms with Crippen molar-refractivity contribution in [1.29, 1.82) is 0 Å². The van der Waals surface area contributed by atoms with Crippen molar-refractivity contribution in [2.75, 3.05) is 26.1 Å². The van der Waals surface area contributed by atoms with Gasteiger partial charge in [-0.15, -0.1) is 0 Å². The van der Waals surface area contributed by atoms with Crippen LogP contribution in [0.2, 0.25) is 0 Å². The molecule has 26 heavy (non-hydrogen) atoms. The minimum absolute atomic E-state index is 0.209. The number of likely N-dealkylation sites (tertiary alicyclic amines) is 1. The molecule has 1 aliphatic carbocycles. The van der Waals surface area contributed by atoms with Crippen LogP contribution in [0, 0.1) is 18.8 Å². The second-order valence-corrected chi connectivity index (χ2v) is 6.83. The highest BCUT2D eigenvalue weighted by molar-refractivity contribution is 6.08. The van der Waals surface area contributed by atoms with E-state index >= 15 is 0 Å². The number of nitrogens with one attached hydrogen (secondary N) is 1. The Bertz CT molecular complexity index is 722. The molecule has 0 aromatic heterocycles. The predicted molar refractivity (Wildman–Crippen MR) is 95.1 cm³/mol. The molecule has 1 aromatic rings. The van der Waals surface area contributed by atoms with Gasteiger partial charge in [0.2, 0.25) is 17.7 Å². The van der Waals surface area contributed by atoms with E-state index in [4.69, 9.17) is 9.47 Å². The van der Waals surface area contributed by atoms with Gasteiger partial charge in [0.05, 0.1) is 26.1 Å². The van der Waals surface area contributed by atoms with Crippen LogP contribution in [-0.2, 0) is 14.4 Å². The average Bonchev–Trinajstić information content (AvgIpc) is 2.88. The molecule has 7 heteroatoms. The van der Waals surface area contributed by atoms with Crippen LogP contribution < -0.4 is 14.8 Å². The summed E-state index contributed by atoms with van der Waals surface area (Å²) in [5.41, 5.74) is 1.35. The first-order chi connectivity index (χ1) is 12.5. The summed E-state index contributed by atoms with van der Waals surface area (Å²) >= 11 is 0. The number of nitrogens with zero attached hydrogens (tertiary/aromatic N) is 1. The van der Waals surface area contributed by atoms with Gasteiger partial charge in [-0.3, -0.25) is 19.3 Å². The molecule has 1 saturated carbocycles. The van der Waals surface area contributed by atoms with Crippen molar-refractivity contribution in [3.63, 3.8) is 0 Å². The van der Waals surface area contributed by atoms with Gasteiger partial charge in [0, 0.05) is 11.8 Å². The molecular weight excluding hydrogens is 336 g/mol. The third kappa shape index (κ3) is 3.25. The first-order valence-corrected chi connectivity index (χ1v) is 8.84. The van der Waals surface area contributed by atoms with Crippen molar-refractivity contribution in [3.05, 3.63) is 17.7 Å². The Hall–Kier alpha value is -2.57. The van der Waals surface area contributed by atoms with Crippen LogP contribution in [0.4, 0.5) is 5.69 Å². The molecule has 0 spiro atoms. The highest BCUT2D eigenvalue weighted by Gasteiger charge is 2.48. The molecule has 1 heterocycles. The number of benzene rings is 1. The van der Waals surface area contributed by atoms with E-state index in [9.17, 15) is 14.4 Å². The molecule has 1 saturated heterocycles. The number of amides is 3. The maximum Gasteiger partial charge on any atom is 0.244 e. The highest BCUT2D eigenvalue weighted by atomic mass is 16.5. The lowest BCUT2D eigenvalue weighted by Crippen LogP contribution is -2.38. The second kappa shape index (κ2) is 7.35. The van der Waals surface area contributed by atoms with Gasteiger partial charge in [0.1, 0.15) is 6.54 Å². The Kier molecular flexibility index (Phi) is 5.15. The Morgan fingerprint density at radius 2 is 1.62 bits per heavy atom. The van der Waals surface area contributed by atoms with E-state index < -0.39 is 5.91 Å². The van der Waals surface area contributed by atoms with Gasteiger partial charge >= 0.3 is 0 Å². The van der Waals surface area contributed by atoms with Crippen LogP contribution in [0.5, 0.6) is 11.5 Å². The minimum atomic E-state index is -0.402. The van der Waals surface area contributed by atoms with Gasteiger partial charge in [0.25, 0.3) is 0 Å².